The van der Waals surface area contributed by atoms with Crippen LogP contribution in [0.3, 0.4) is 0 Å². The van der Waals surface area contributed by atoms with Crippen LogP contribution in [0.4, 0.5) is 0 Å². The number of nitrogens with two attached hydrogens (primary N) is 1. The Morgan fingerprint density at radius 1 is 1.03 bits per heavy atom. The molecule has 1 saturated heterocycles. The summed E-state index contributed by atoms with van der Waals surface area (Å²) in [4.78, 5) is 36.7. The number of hydrogen-bond acceptors (Lipinski definition) is 8. The molecule has 1 aliphatic rings. The number of amides is 2. The SMILES string of the molecule is CCOC(=O)c1ccc(S(=O)(=O)N2CCN(C(=O)COc3ccc(C(N)=O)cc3)CC2)o1. The van der Waals surface area contributed by atoms with Gasteiger partial charge < -0.3 is 24.5 Å². The highest BCUT2D eigenvalue weighted by atomic mass is 32.2. The van der Waals surface area contributed by atoms with Crippen molar-refractivity contribution >= 4 is 27.8 Å². The normalized spacial score (nSPS) is 14.7. The van der Waals surface area contributed by atoms with Crippen LogP contribution >= 0.6 is 0 Å². The maximum atomic E-state index is 12.8. The predicted molar refractivity (Wildman–Crippen MR) is 110 cm³/mol. The Balaban J connectivity index is 1.53. The van der Waals surface area contributed by atoms with Crippen molar-refractivity contribution in [2.45, 2.75) is 12.0 Å². The van der Waals surface area contributed by atoms with Crippen molar-refractivity contribution in [2.75, 3.05) is 39.4 Å². The maximum absolute atomic E-state index is 12.8. The smallest absolute Gasteiger partial charge is 0.374 e. The number of carbonyl (C=O) groups excluding carboxylic acids is 3. The minimum atomic E-state index is -3.95. The molecule has 0 aliphatic carbocycles. The topological polar surface area (TPSA) is 149 Å². The number of rotatable bonds is 8. The van der Waals surface area contributed by atoms with Crippen LogP contribution in [0.1, 0.15) is 27.8 Å². The molecule has 1 aromatic carbocycles. The Morgan fingerprint density at radius 2 is 1.69 bits per heavy atom. The van der Waals surface area contributed by atoms with E-state index in [0.29, 0.717) is 11.3 Å². The highest BCUT2D eigenvalue weighted by molar-refractivity contribution is 7.89. The number of piperazine rings is 1. The number of sulfonamides is 1. The molecular formula is C20H23N3O8S. The fraction of sp³-hybridized carbons (Fsp3) is 0.350. The zero-order chi connectivity index (χ0) is 23.3. The summed E-state index contributed by atoms with van der Waals surface area (Å²) in [5, 5.41) is -0.358. The Labute approximate surface area is 184 Å². The minimum absolute atomic E-state index is 0.0663. The molecule has 0 saturated carbocycles. The van der Waals surface area contributed by atoms with E-state index >= 15 is 0 Å². The molecule has 3 rings (SSSR count). The number of furan rings is 1. The van der Waals surface area contributed by atoms with Crippen LogP contribution in [0, 0.1) is 0 Å². The first-order chi connectivity index (χ1) is 15.2. The molecule has 1 aliphatic heterocycles. The van der Waals surface area contributed by atoms with Crippen molar-refractivity contribution in [3.8, 4) is 5.75 Å². The molecule has 12 heteroatoms. The maximum Gasteiger partial charge on any atom is 0.374 e. The Hall–Kier alpha value is -3.38. The molecule has 0 atom stereocenters. The van der Waals surface area contributed by atoms with E-state index in [4.69, 9.17) is 19.6 Å². The van der Waals surface area contributed by atoms with Gasteiger partial charge in [-0.05, 0) is 43.3 Å². The first-order valence-electron chi connectivity index (χ1n) is 9.80. The lowest BCUT2D eigenvalue weighted by Gasteiger charge is -2.33. The Bertz CT molecular complexity index is 1090. The summed E-state index contributed by atoms with van der Waals surface area (Å²) in [6.07, 6.45) is 0. The van der Waals surface area contributed by atoms with Crippen LogP contribution < -0.4 is 10.5 Å². The van der Waals surface area contributed by atoms with Crippen LogP contribution in [0.25, 0.3) is 0 Å². The molecule has 2 aromatic rings. The highest BCUT2D eigenvalue weighted by Crippen LogP contribution is 2.21. The first-order valence-corrected chi connectivity index (χ1v) is 11.2. The van der Waals surface area contributed by atoms with E-state index in [1.165, 1.54) is 45.6 Å². The van der Waals surface area contributed by atoms with Crippen molar-refractivity contribution in [2.24, 2.45) is 5.73 Å². The van der Waals surface area contributed by atoms with Gasteiger partial charge in [-0.2, -0.15) is 4.31 Å². The second-order valence-corrected chi connectivity index (χ2v) is 8.67. The molecule has 2 heterocycles. The standard InChI is InChI=1S/C20H23N3O8S/c1-2-29-20(26)16-7-8-18(31-16)32(27,28)23-11-9-22(10-12-23)17(24)13-30-15-5-3-14(4-6-15)19(21)25/h3-8H,2,9-13H2,1H3,(H2,21,25). The van der Waals surface area contributed by atoms with Gasteiger partial charge in [-0.3, -0.25) is 9.59 Å². The van der Waals surface area contributed by atoms with E-state index < -0.39 is 21.9 Å². The number of benzene rings is 1. The van der Waals surface area contributed by atoms with Crippen molar-refractivity contribution in [1.82, 2.24) is 9.21 Å². The summed E-state index contributed by atoms with van der Waals surface area (Å²) in [5.41, 5.74) is 5.50. The van der Waals surface area contributed by atoms with Gasteiger partial charge in [0, 0.05) is 31.7 Å². The van der Waals surface area contributed by atoms with Gasteiger partial charge in [0.05, 0.1) is 6.61 Å². The quantitative estimate of drug-likeness (QED) is 0.553. The van der Waals surface area contributed by atoms with Gasteiger partial charge in [0.15, 0.2) is 6.61 Å². The van der Waals surface area contributed by atoms with Gasteiger partial charge in [0.25, 0.3) is 15.9 Å². The van der Waals surface area contributed by atoms with Crippen molar-refractivity contribution < 1.29 is 36.7 Å². The molecule has 11 nitrogen and oxygen atoms in total. The van der Waals surface area contributed by atoms with Crippen LogP contribution in [-0.2, 0) is 19.6 Å². The molecule has 0 radical (unpaired) electrons. The van der Waals surface area contributed by atoms with E-state index in [-0.39, 0.29) is 56.2 Å². The van der Waals surface area contributed by atoms with Gasteiger partial charge >= 0.3 is 5.97 Å². The molecular weight excluding hydrogens is 442 g/mol. The third-order valence-corrected chi connectivity index (χ3v) is 6.52. The Morgan fingerprint density at radius 3 is 2.28 bits per heavy atom. The lowest BCUT2D eigenvalue weighted by atomic mass is 10.2. The summed E-state index contributed by atoms with van der Waals surface area (Å²) < 4.78 is 42.1. The second-order valence-electron chi connectivity index (χ2n) is 6.80. The molecule has 1 fully saturated rings. The number of ether oxygens (including phenoxy) is 2. The third kappa shape index (κ3) is 5.26. The van der Waals surface area contributed by atoms with Crippen LogP contribution in [-0.4, -0.2) is 74.8 Å². The molecule has 1 aromatic heterocycles. The number of esters is 1. The average molecular weight is 465 g/mol. The van der Waals surface area contributed by atoms with E-state index in [2.05, 4.69) is 0 Å². The zero-order valence-corrected chi connectivity index (χ0v) is 18.2. The van der Waals surface area contributed by atoms with Gasteiger partial charge in [-0.15, -0.1) is 0 Å². The molecule has 172 valence electrons. The van der Waals surface area contributed by atoms with Gasteiger partial charge in [0.2, 0.25) is 16.8 Å². The van der Waals surface area contributed by atoms with Crippen molar-refractivity contribution in [1.29, 1.82) is 0 Å². The number of nitrogens with zero attached hydrogens (tertiary/aromatic N) is 2. The zero-order valence-electron chi connectivity index (χ0n) is 17.4. The van der Waals surface area contributed by atoms with E-state index in [9.17, 15) is 22.8 Å². The molecule has 2 N–H and O–H groups in total. The average Bonchev–Trinajstić information content (AvgIpc) is 3.29. The summed E-state index contributed by atoms with van der Waals surface area (Å²) in [5.74, 6) is -1.40. The van der Waals surface area contributed by atoms with Gasteiger partial charge in [-0.1, -0.05) is 0 Å². The largest absolute Gasteiger partial charge is 0.484 e. The van der Waals surface area contributed by atoms with Crippen LogP contribution in [0.5, 0.6) is 5.75 Å². The number of hydrogen-bond donors (Lipinski definition) is 1. The lowest BCUT2D eigenvalue weighted by Crippen LogP contribution is -2.51. The summed E-state index contributed by atoms with van der Waals surface area (Å²) >= 11 is 0. The molecule has 2 amide bonds. The van der Waals surface area contributed by atoms with Gasteiger partial charge in [0.1, 0.15) is 5.75 Å². The fourth-order valence-corrected chi connectivity index (χ4v) is 4.36. The fourth-order valence-electron chi connectivity index (χ4n) is 3.03. The van der Waals surface area contributed by atoms with E-state index in [1.807, 2.05) is 0 Å². The number of carbonyl (C=O) groups is 3. The Kier molecular flexibility index (Phi) is 7.15. The van der Waals surface area contributed by atoms with Crippen molar-refractivity contribution in [3.63, 3.8) is 0 Å². The molecule has 0 spiro atoms. The summed E-state index contributed by atoms with van der Waals surface area (Å²) in [6.45, 7) is 2.02. The monoisotopic (exact) mass is 465 g/mol. The summed E-state index contributed by atoms with van der Waals surface area (Å²) in [6, 6.07) is 8.51. The minimum Gasteiger partial charge on any atom is -0.484 e. The molecule has 32 heavy (non-hydrogen) atoms. The van der Waals surface area contributed by atoms with Crippen molar-refractivity contribution in [3.05, 3.63) is 47.7 Å². The van der Waals surface area contributed by atoms with E-state index in [1.54, 1.807) is 6.92 Å². The van der Waals surface area contributed by atoms with E-state index in [0.717, 1.165) is 0 Å². The molecule has 0 bridgehead atoms. The highest BCUT2D eigenvalue weighted by Gasteiger charge is 2.33. The number of primary amides is 1. The predicted octanol–water partition coefficient (Wildman–Crippen LogP) is 0.467. The van der Waals surface area contributed by atoms with Gasteiger partial charge in [-0.25, -0.2) is 13.2 Å². The summed E-state index contributed by atoms with van der Waals surface area (Å²) in [7, 11) is -3.95. The molecule has 0 unspecified atom stereocenters. The van der Waals surface area contributed by atoms with Crippen LogP contribution in [0.15, 0.2) is 45.9 Å². The second kappa shape index (κ2) is 9.83. The first kappa shape index (κ1) is 23.3. The van der Waals surface area contributed by atoms with Crippen LogP contribution in [0.2, 0.25) is 0 Å². The lowest BCUT2D eigenvalue weighted by molar-refractivity contribution is -0.134. The third-order valence-electron chi connectivity index (χ3n) is 4.74.